The van der Waals surface area contributed by atoms with Crippen LogP contribution in [0.1, 0.15) is 57.8 Å². The molecule has 0 saturated carbocycles. The van der Waals surface area contributed by atoms with E-state index in [4.69, 9.17) is 18.6 Å². The molecule has 1 aromatic heterocycles. The van der Waals surface area contributed by atoms with Gasteiger partial charge in [0.25, 0.3) is 5.75 Å². The van der Waals surface area contributed by atoms with Crippen molar-refractivity contribution in [3.05, 3.63) is 87.8 Å². The molecule has 2 aromatic carbocycles. The normalized spacial score (nSPS) is 11.4. The number of ether oxygens (including phenoxy) is 3. The Morgan fingerprint density at radius 2 is 1.74 bits per heavy atom. The van der Waals surface area contributed by atoms with Crippen molar-refractivity contribution >= 4 is 16.9 Å². The lowest BCUT2D eigenvalue weighted by atomic mass is 10.1. The van der Waals surface area contributed by atoms with Crippen molar-refractivity contribution in [3.8, 4) is 17.2 Å². The number of hydrogen-bond acceptors (Lipinski definition) is 6. The molecule has 3 rings (SSSR count). The first-order valence-corrected chi connectivity index (χ1v) is 11.7. The summed E-state index contributed by atoms with van der Waals surface area (Å²) in [6.45, 7) is 10.2. The van der Waals surface area contributed by atoms with Crippen molar-refractivity contribution in [1.82, 2.24) is 0 Å². The molecule has 0 atom stereocenters. The number of rotatable bonds is 10. The summed E-state index contributed by atoms with van der Waals surface area (Å²) in [7, 11) is 0. The summed E-state index contributed by atoms with van der Waals surface area (Å²) in [5.74, 6) is -0.231. The highest BCUT2D eigenvalue weighted by molar-refractivity contribution is 5.93. The molecule has 0 amide bonds. The number of hydrogen-bond donors (Lipinski definition) is 0. The topological polar surface area (TPSA) is 75.0 Å². The quantitative estimate of drug-likeness (QED) is 0.181. The lowest BCUT2D eigenvalue weighted by Crippen LogP contribution is -2.16. The van der Waals surface area contributed by atoms with Crippen LogP contribution in [0.15, 0.2) is 81.0 Å². The Morgan fingerprint density at radius 3 is 2.43 bits per heavy atom. The van der Waals surface area contributed by atoms with Crippen LogP contribution >= 0.6 is 0 Å². The van der Waals surface area contributed by atoms with E-state index in [1.54, 1.807) is 48.5 Å². The molecule has 0 bridgehead atoms. The summed E-state index contributed by atoms with van der Waals surface area (Å²) in [5.41, 5.74) is 2.23. The van der Waals surface area contributed by atoms with Gasteiger partial charge in [-0.3, -0.25) is 0 Å². The Balaban J connectivity index is 1.95. The third kappa shape index (κ3) is 7.34. The molecule has 0 aliphatic rings. The Kier molecular flexibility index (Phi) is 8.90. The first-order valence-electron chi connectivity index (χ1n) is 11.7. The molecule has 3 aromatic rings. The second-order valence-corrected chi connectivity index (χ2v) is 8.81. The van der Waals surface area contributed by atoms with Gasteiger partial charge in [-0.05, 0) is 77.8 Å². The van der Waals surface area contributed by atoms with Gasteiger partial charge in [0.2, 0.25) is 0 Å². The first-order chi connectivity index (χ1) is 16.7. The summed E-state index contributed by atoms with van der Waals surface area (Å²) >= 11 is 0. The van der Waals surface area contributed by atoms with E-state index in [-0.39, 0.29) is 29.8 Å². The van der Waals surface area contributed by atoms with E-state index in [0.717, 1.165) is 18.4 Å². The first kappa shape index (κ1) is 25.8. The van der Waals surface area contributed by atoms with E-state index < -0.39 is 11.6 Å². The van der Waals surface area contributed by atoms with E-state index in [1.165, 1.54) is 5.57 Å². The Labute approximate surface area is 205 Å². The molecule has 1 heterocycles. The lowest BCUT2D eigenvalue weighted by Gasteiger charge is -2.14. The zero-order chi connectivity index (χ0) is 25.4. The average Bonchev–Trinajstić information content (AvgIpc) is 2.80. The molecular formula is C29H32O6. The highest BCUT2D eigenvalue weighted by atomic mass is 16.6. The maximum atomic E-state index is 12.9. The summed E-state index contributed by atoms with van der Waals surface area (Å²) in [5, 5.41) is 0.507. The van der Waals surface area contributed by atoms with Crippen molar-refractivity contribution in [2.24, 2.45) is 0 Å². The minimum Gasteiger partial charge on any atom is -0.491 e. The van der Waals surface area contributed by atoms with Crippen LogP contribution in [-0.4, -0.2) is 18.7 Å². The van der Waals surface area contributed by atoms with Crippen LogP contribution in [-0.2, 0) is 0 Å². The van der Waals surface area contributed by atoms with Crippen molar-refractivity contribution in [3.63, 3.8) is 0 Å². The summed E-state index contributed by atoms with van der Waals surface area (Å²) in [4.78, 5) is 25.6. The number of benzene rings is 2. The van der Waals surface area contributed by atoms with Crippen molar-refractivity contribution in [2.75, 3.05) is 6.61 Å². The predicted octanol–water partition coefficient (Wildman–Crippen LogP) is 6.87. The molecule has 184 valence electrons. The second kappa shape index (κ2) is 12.1. The molecule has 6 nitrogen and oxygen atoms in total. The number of allylic oxidation sites excluding steroid dienone is 3. The fourth-order valence-electron chi connectivity index (χ4n) is 3.40. The Hall–Kier alpha value is -3.80. The molecule has 0 N–H and O–H groups in total. The van der Waals surface area contributed by atoms with Crippen LogP contribution in [0.4, 0.5) is 0 Å². The van der Waals surface area contributed by atoms with Gasteiger partial charge < -0.3 is 18.6 Å². The van der Waals surface area contributed by atoms with Gasteiger partial charge in [-0.25, -0.2) is 9.59 Å². The molecule has 35 heavy (non-hydrogen) atoms. The molecule has 0 fully saturated rings. The molecule has 6 heteroatoms. The lowest BCUT2D eigenvalue weighted by molar-refractivity contribution is 0.0722. The highest BCUT2D eigenvalue weighted by Gasteiger charge is 2.22. The van der Waals surface area contributed by atoms with E-state index in [1.807, 2.05) is 26.8 Å². The summed E-state index contributed by atoms with van der Waals surface area (Å²) in [6.07, 6.45) is 5.95. The molecule has 0 aliphatic carbocycles. The van der Waals surface area contributed by atoms with E-state index in [0.29, 0.717) is 16.7 Å². The third-order valence-corrected chi connectivity index (χ3v) is 5.12. The van der Waals surface area contributed by atoms with Crippen LogP contribution < -0.4 is 19.8 Å². The highest BCUT2D eigenvalue weighted by Crippen LogP contribution is 2.35. The maximum Gasteiger partial charge on any atom is 0.383 e. The molecular weight excluding hydrogens is 444 g/mol. The fraction of sp³-hybridized carbons (Fsp3) is 0.310. The monoisotopic (exact) mass is 476 g/mol. The zero-order valence-electron chi connectivity index (χ0n) is 20.9. The van der Waals surface area contributed by atoms with Crippen LogP contribution in [0.25, 0.3) is 11.0 Å². The van der Waals surface area contributed by atoms with Gasteiger partial charge in [-0.1, -0.05) is 35.4 Å². The zero-order valence-corrected chi connectivity index (χ0v) is 20.9. The minimum absolute atomic E-state index is 0.0413. The van der Waals surface area contributed by atoms with Gasteiger partial charge in [-0.2, -0.15) is 0 Å². The summed E-state index contributed by atoms with van der Waals surface area (Å²) < 4.78 is 22.7. The molecule has 0 saturated heterocycles. The molecule has 0 aliphatic heterocycles. The van der Waals surface area contributed by atoms with E-state index in [9.17, 15) is 9.59 Å². The second-order valence-electron chi connectivity index (χ2n) is 8.81. The Bertz CT molecular complexity index is 1280. The van der Waals surface area contributed by atoms with Gasteiger partial charge in [0.05, 0.1) is 17.1 Å². The van der Waals surface area contributed by atoms with Gasteiger partial charge in [0.15, 0.2) is 5.75 Å². The van der Waals surface area contributed by atoms with Gasteiger partial charge in [0, 0.05) is 6.07 Å². The van der Waals surface area contributed by atoms with Crippen LogP contribution in [0.2, 0.25) is 0 Å². The Morgan fingerprint density at radius 1 is 1.00 bits per heavy atom. The molecule has 0 radical (unpaired) electrons. The molecule has 0 unspecified atom stereocenters. The standard InChI is InChI=1S/C29H32O6/c1-19(2)10-9-11-21(5)16-17-32-26-24-15-14-23(33-20(3)4)18-25(24)34-29(31)27(26)35-28(30)22-12-7-6-8-13-22/h6-8,10,12-16,18,20H,9,11,17H2,1-5H3. The van der Waals surface area contributed by atoms with E-state index in [2.05, 4.69) is 19.9 Å². The fourth-order valence-corrected chi connectivity index (χ4v) is 3.40. The van der Waals surface area contributed by atoms with Crippen molar-refractivity contribution in [2.45, 2.75) is 53.6 Å². The summed E-state index contributed by atoms with van der Waals surface area (Å²) in [6, 6.07) is 13.6. The maximum absolute atomic E-state index is 12.9. The number of esters is 1. The number of fused-ring (bicyclic) bond motifs is 1. The molecule has 0 spiro atoms. The van der Waals surface area contributed by atoms with E-state index >= 15 is 0 Å². The average molecular weight is 477 g/mol. The van der Waals surface area contributed by atoms with Gasteiger partial charge in [0.1, 0.15) is 17.9 Å². The van der Waals surface area contributed by atoms with Crippen LogP contribution in [0.5, 0.6) is 17.2 Å². The number of carbonyl (C=O) groups is 1. The predicted molar refractivity (Wildman–Crippen MR) is 138 cm³/mol. The van der Waals surface area contributed by atoms with Crippen molar-refractivity contribution in [1.29, 1.82) is 0 Å². The van der Waals surface area contributed by atoms with Gasteiger partial charge >= 0.3 is 11.6 Å². The minimum atomic E-state index is -0.803. The van der Waals surface area contributed by atoms with Crippen LogP contribution in [0.3, 0.4) is 0 Å². The van der Waals surface area contributed by atoms with Gasteiger partial charge in [-0.15, -0.1) is 0 Å². The SMILES string of the molecule is CC(C)=CCCC(C)=CCOc1c(OC(=O)c2ccccc2)c(=O)oc2cc(OC(C)C)ccc12. The van der Waals surface area contributed by atoms with Crippen LogP contribution in [0, 0.1) is 0 Å². The number of carbonyl (C=O) groups excluding carboxylic acids is 1. The third-order valence-electron chi connectivity index (χ3n) is 5.12. The largest absolute Gasteiger partial charge is 0.491 e. The smallest absolute Gasteiger partial charge is 0.383 e. The van der Waals surface area contributed by atoms with Crippen molar-refractivity contribution < 1.29 is 23.4 Å².